The van der Waals surface area contributed by atoms with E-state index in [1.54, 1.807) is 0 Å². The molecule has 0 aliphatic carbocycles. The number of aliphatic imine (C=N–C) groups is 1. The molecule has 1 atom stereocenters. The molecule has 0 saturated heterocycles. The Bertz CT molecular complexity index is 846. The number of nitrogens with one attached hydrogen (secondary N) is 1. The molecule has 1 amide bonds. The van der Waals surface area contributed by atoms with Crippen molar-refractivity contribution in [1.82, 2.24) is 9.88 Å². The van der Waals surface area contributed by atoms with E-state index in [-0.39, 0.29) is 17.5 Å². The van der Waals surface area contributed by atoms with Crippen LogP contribution in [0.2, 0.25) is 0 Å². The standard InChI is InChI=1S/C22H30N4O/c1-7-22(5,6)25-13-12-18-14-23-21(26(15(2)3)20(18)25)24-19(27)17-10-8-16(4)9-11-17/h8-15,21H,7H2,1-6H3,(H,24,27). The summed E-state index contributed by atoms with van der Waals surface area (Å²) in [5.41, 5.74) is 2.85. The van der Waals surface area contributed by atoms with Gasteiger partial charge >= 0.3 is 0 Å². The molecule has 2 aromatic rings. The van der Waals surface area contributed by atoms with E-state index >= 15 is 0 Å². The van der Waals surface area contributed by atoms with Crippen molar-refractivity contribution >= 4 is 17.9 Å². The summed E-state index contributed by atoms with van der Waals surface area (Å²) >= 11 is 0. The summed E-state index contributed by atoms with van der Waals surface area (Å²) in [7, 11) is 0. The minimum atomic E-state index is -0.424. The molecule has 0 saturated carbocycles. The lowest BCUT2D eigenvalue weighted by Crippen LogP contribution is -2.53. The third kappa shape index (κ3) is 3.64. The third-order valence-corrected chi connectivity index (χ3v) is 5.40. The van der Waals surface area contributed by atoms with Gasteiger partial charge in [0.2, 0.25) is 0 Å². The average Bonchev–Trinajstić information content (AvgIpc) is 3.06. The van der Waals surface area contributed by atoms with Crippen molar-refractivity contribution in [3.63, 3.8) is 0 Å². The maximum absolute atomic E-state index is 12.8. The van der Waals surface area contributed by atoms with Gasteiger partial charge in [-0.25, -0.2) is 4.99 Å². The molecule has 1 N–H and O–H groups in total. The molecule has 1 aromatic carbocycles. The number of carbonyl (C=O) groups excluding carboxylic acids is 1. The number of fused-ring (bicyclic) bond motifs is 1. The summed E-state index contributed by atoms with van der Waals surface area (Å²) in [5, 5.41) is 3.09. The molecule has 27 heavy (non-hydrogen) atoms. The maximum Gasteiger partial charge on any atom is 0.254 e. The summed E-state index contributed by atoms with van der Waals surface area (Å²) in [6.45, 7) is 12.9. The van der Waals surface area contributed by atoms with E-state index in [4.69, 9.17) is 0 Å². The lowest BCUT2D eigenvalue weighted by molar-refractivity contribution is 0.0935. The topological polar surface area (TPSA) is 49.6 Å². The van der Waals surface area contributed by atoms with E-state index in [0.29, 0.717) is 5.56 Å². The number of hydrogen-bond donors (Lipinski definition) is 1. The van der Waals surface area contributed by atoms with Gasteiger partial charge in [-0.05, 0) is 59.2 Å². The van der Waals surface area contributed by atoms with Gasteiger partial charge in [0.1, 0.15) is 5.82 Å². The lowest BCUT2D eigenvalue weighted by atomic mass is 10.0. The van der Waals surface area contributed by atoms with Crippen LogP contribution in [-0.4, -0.2) is 29.0 Å². The zero-order valence-electron chi connectivity index (χ0n) is 17.2. The number of carbonyl (C=O) groups is 1. The van der Waals surface area contributed by atoms with E-state index in [9.17, 15) is 4.79 Å². The first-order chi connectivity index (χ1) is 12.7. The van der Waals surface area contributed by atoms with Crippen molar-refractivity contribution in [2.75, 3.05) is 4.90 Å². The van der Waals surface area contributed by atoms with Gasteiger partial charge in [0.25, 0.3) is 5.91 Å². The highest BCUT2D eigenvalue weighted by Gasteiger charge is 2.33. The van der Waals surface area contributed by atoms with E-state index < -0.39 is 6.29 Å². The molecule has 1 unspecified atom stereocenters. The van der Waals surface area contributed by atoms with E-state index in [2.05, 4.69) is 66.7 Å². The Balaban J connectivity index is 1.93. The number of nitrogens with zero attached hydrogens (tertiary/aromatic N) is 3. The molecule has 1 aliphatic heterocycles. The van der Waals surface area contributed by atoms with Crippen LogP contribution in [0.3, 0.4) is 0 Å². The molecule has 1 aliphatic rings. The van der Waals surface area contributed by atoms with Crippen molar-refractivity contribution in [3.05, 3.63) is 53.2 Å². The van der Waals surface area contributed by atoms with Gasteiger partial charge < -0.3 is 14.8 Å². The number of hydrogen-bond acceptors (Lipinski definition) is 3. The largest absolute Gasteiger partial charge is 0.328 e. The number of rotatable bonds is 5. The molecule has 5 nitrogen and oxygen atoms in total. The minimum absolute atomic E-state index is 0.0164. The highest BCUT2D eigenvalue weighted by Crippen LogP contribution is 2.34. The molecule has 0 radical (unpaired) electrons. The van der Waals surface area contributed by atoms with E-state index in [1.165, 1.54) is 0 Å². The van der Waals surface area contributed by atoms with Crippen LogP contribution in [0.5, 0.6) is 0 Å². The normalized spacial score (nSPS) is 16.6. The number of anilines is 1. The second-order valence-electron chi connectivity index (χ2n) is 8.12. The second kappa shape index (κ2) is 7.22. The SMILES string of the molecule is CCC(C)(C)n1ccc2c1N(C(C)C)C(NC(=O)c1ccc(C)cc1)N=C2. The summed E-state index contributed by atoms with van der Waals surface area (Å²) in [6, 6.07) is 9.89. The van der Waals surface area contributed by atoms with Crippen molar-refractivity contribution in [2.24, 2.45) is 4.99 Å². The molecule has 0 bridgehead atoms. The van der Waals surface area contributed by atoms with Gasteiger partial charge in [-0.3, -0.25) is 4.79 Å². The van der Waals surface area contributed by atoms with Crippen LogP contribution in [0, 0.1) is 6.92 Å². The van der Waals surface area contributed by atoms with Crippen LogP contribution in [0.1, 0.15) is 62.5 Å². The third-order valence-electron chi connectivity index (χ3n) is 5.40. The first kappa shape index (κ1) is 19.2. The van der Waals surface area contributed by atoms with Crippen LogP contribution < -0.4 is 10.2 Å². The Morgan fingerprint density at radius 2 is 1.89 bits per heavy atom. The highest BCUT2D eigenvalue weighted by molar-refractivity contribution is 5.95. The van der Waals surface area contributed by atoms with Gasteiger partial charge in [-0.1, -0.05) is 24.6 Å². The zero-order chi connectivity index (χ0) is 19.8. The zero-order valence-corrected chi connectivity index (χ0v) is 17.2. The van der Waals surface area contributed by atoms with Crippen molar-refractivity contribution in [2.45, 2.75) is 65.8 Å². The smallest absolute Gasteiger partial charge is 0.254 e. The van der Waals surface area contributed by atoms with Gasteiger partial charge in [0, 0.05) is 35.1 Å². The summed E-state index contributed by atoms with van der Waals surface area (Å²) in [5.74, 6) is 1.00. The summed E-state index contributed by atoms with van der Waals surface area (Å²) in [4.78, 5) is 19.6. The fourth-order valence-corrected chi connectivity index (χ4v) is 3.35. The molecule has 5 heteroatoms. The van der Waals surface area contributed by atoms with Crippen LogP contribution >= 0.6 is 0 Å². The molecule has 144 valence electrons. The predicted octanol–water partition coefficient (Wildman–Crippen LogP) is 4.30. The highest BCUT2D eigenvalue weighted by atomic mass is 16.2. The Kier molecular flexibility index (Phi) is 5.13. The monoisotopic (exact) mass is 366 g/mol. The first-order valence-corrected chi connectivity index (χ1v) is 9.65. The minimum Gasteiger partial charge on any atom is -0.328 e. The van der Waals surface area contributed by atoms with Crippen molar-refractivity contribution < 1.29 is 4.79 Å². The first-order valence-electron chi connectivity index (χ1n) is 9.65. The number of benzene rings is 1. The molecule has 0 fully saturated rings. The molecular weight excluding hydrogens is 336 g/mol. The average molecular weight is 367 g/mol. The Morgan fingerprint density at radius 3 is 2.48 bits per heavy atom. The number of aromatic nitrogens is 1. The Hall–Kier alpha value is -2.56. The fourth-order valence-electron chi connectivity index (χ4n) is 3.35. The quantitative estimate of drug-likeness (QED) is 0.857. The summed E-state index contributed by atoms with van der Waals surface area (Å²) in [6.07, 6.45) is 4.58. The van der Waals surface area contributed by atoms with Crippen molar-refractivity contribution in [3.8, 4) is 0 Å². The lowest BCUT2D eigenvalue weighted by Gasteiger charge is -2.40. The van der Waals surface area contributed by atoms with E-state index in [1.807, 2.05) is 37.4 Å². The van der Waals surface area contributed by atoms with Gasteiger partial charge in [0.15, 0.2) is 6.29 Å². The Labute approximate surface area is 162 Å². The van der Waals surface area contributed by atoms with Gasteiger partial charge in [-0.2, -0.15) is 0 Å². The van der Waals surface area contributed by atoms with Gasteiger partial charge in [-0.15, -0.1) is 0 Å². The fraction of sp³-hybridized carbons (Fsp3) is 0.455. The molecule has 3 rings (SSSR count). The number of amides is 1. The van der Waals surface area contributed by atoms with Crippen LogP contribution in [0.4, 0.5) is 5.82 Å². The molecule has 0 spiro atoms. The van der Waals surface area contributed by atoms with Crippen LogP contribution in [0.15, 0.2) is 41.5 Å². The Morgan fingerprint density at radius 1 is 1.22 bits per heavy atom. The molecule has 1 aromatic heterocycles. The molecule has 2 heterocycles. The van der Waals surface area contributed by atoms with Crippen LogP contribution in [0.25, 0.3) is 0 Å². The second-order valence-corrected chi connectivity index (χ2v) is 8.12. The van der Waals surface area contributed by atoms with Crippen molar-refractivity contribution in [1.29, 1.82) is 0 Å². The summed E-state index contributed by atoms with van der Waals surface area (Å²) < 4.78 is 2.30. The van der Waals surface area contributed by atoms with E-state index in [0.717, 1.165) is 23.4 Å². The predicted molar refractivity (Wildman–Crippen MR) is 112 cm³/mol. The number of aryl methyl sites for hydroxylation is 1. The molecular formula is C22H30N4O. The van der Waals surface area contributed by atoms with Crippen LogP contribution in [-0.2, 0) is 5.54 Å². The maximum atomic E-state index is 12.8. The van der Waals surface area contributed by atoms with Gasteiger partial charge in [0.05, 0.1) is 0 Å².